The molecule has 1 aromatic carbocycles. The normalized spacial score (nSPS) is 14.3. The van der Waals surface area contributed by atoms with E-state index in [9.17, 15) is 4.39 Å². The number of hydrogen-bond donors (Lipinski definition) is 1. The van der Waals surface area contributed by atoms with E-state index >= 15 is 0 Å². The van der Waals surface area contributed by atoms with E-state index in [2.05, 4.69) is 30.1 Å². The molecule has 0 spiro atoms. The van der Waals surface area contributed by atoms with E-state index in [1.54, 1.807) is 18.5 Å². The molecule has 7 heteroatoms. The van der Waals surface area contributed by atoms with Gasteiger partial charge in [0.25, 0.3) is 0 Å². The number of piperazine rings is 1. The van der Waals surface area contributed by atoms with Crippen LogP contribution in [0.2, 0.25) is 0 Å². The van der Waals surface area contributed by atoms with Crippen LogP contribution in [0.5, 0.6) is 0 Å². The van der Waals surface area contributed by atoms with E-state index in [0.29, 0.717) is 18.2 Å². The van der Waals surface area contributed by atoms with Crippen molar-refractivity contribution in [3.8, 4) is 0 Å². The third kappa shape index (κ3) is 4.13. The molecule has 0 unspecified atom stereocenters. The van der Waals surface area contributed by atoms with Gasteiger partial charge in [-0.15, -0.1) is 0 Å². The van der Waals surface area contributed by atoms with Crippen molar-refractivity contribution >= 4 is 17.5 Å². The van der Waals surface area contributed by atoms with E-state index < -0.39 is 0 Å². The summed E-state index contributed by atoms with van der Waals surface area (Å²) in [7, 11) is 0. The molecule has 4 rings (SSSR count). The van der Waals surface area contributed by atoms with E-state index in [1.807, 2.05) is 36.5 Å². The predicted molar refractivity (Wildman–Crippen MR) is 104 cm³/mol. The Morgan fingerprint density at radius 3 is 2.52 bits per heavy atom. The highest BCUT2D eigenvalue weighted by Crippen LogP contribution is 2.22. The number of rotatable bonds is 5. The Balaban J connectivity index is 1.38. The predicted octanol–water partition coefficient (Wildman–Crippen LogP) is 2.95. The molecule has 0 saturated carbocycles. The molecule has 1 fully saturated rings. The second-order valence-corrected chi connectivity index (χ2v) is 6.38. The van der Waals surface area contributed by atoms with Gasteiger partial charge in [-0.1, -0.05) is 18.2 Å². The molecular weight excluding hydrogens is 343 g/mol. The fourth-order valence-electron chi connectivity index (χ4n) is 3.18. The fourth-order valence-corrected chi connectivity index (χ4v) is 3.18. The van der Waals surface area contributed by atoms with Crippen LogP contribution in [0, 0.1) is 5.82 Å². The van der Waals surface area contributed by atoms with Crippen molar-refractivity contribution in [3.63, 3.8) is 0 Å². The molecule has 0 radical (unpaired) electrons. The van der Waals surface area contributed by atoms with Crippen LogP contribution in [0.15, 0.2) is 61.1 Å². The Kier molecular flexibility index (Phi) is 5.09. The number of para-hydroxylation sites is 1. The first kappa shape index (κ1) is 17.2. The van der Waals surface area contributed by atoms with Gasteiger partial charge in [0.2, 0.25) is 5.95 Å². The van der Waals surface area contributed by atoms with Crippen molar-refractivity contribution in [2.75, 3.05) is 41.3 Å². The van der Waals surface area contributed by atoms with Crippen LogP contribution in [0.3, 0.4) is 0 Å². The lowest BCUT2D eigenvalue weighted by Gasteiger charge is -2.36. The van der Waals surface area contributed by atoms with Gasteiger partial charge in [0.15, 0.2) is 0 Å². The van der Waals surface area contributed by atoms with Crippen LogP contribution in [0.1, 0.15) is 5.56 Å². The number of aromatic nitrogens is 3. The maximum Gasteiger partial charge on any atom is 0.224 e. The summed E-state index contributed by atoms with van der Waals surface area (Å²) in [6, 6.07) is 12.7. The highest BCUT2D eigenvalue weighted by atomic mass is 19.1. The van der Waals surface area contributed by atoms with Gasteiger partial charge in [-0.3, -0.25) is 4.98 Å². The zero-order valence-electron chi connectivity index (χ0n) is 14.9. The van der Waals surface area contributed by atoms with Gasteiger partial charge in [-0.2, -0.15) is 4.98 Å². The van der Waals surface area contributed by atoms with Crippen molar-refractivity contribution in [2.45, 2.75) is 6.54 Å². The van der Waals surface area contributed by atoms with Gasteiger partial charge in [0, 0.05) is 51.3 Å². The number of nitrogens with zero attached hydrogens (tertiary/aromatic N) is 5. The van der Waals surface area contributed by atoms with Crippen molar-refractivity contribution in [1.82, 2.24) is 15.0 Å². The number of benzene rings is 1. The standard InChI is InChI=1S/C20H21FN6/c21-17-5-1-2-6-18(17)26-10-12-27(13-11-26)19-7-9-23-20(25-19)24-15-16-4-3-8-22-14-16/h1-9,14H,10-13,15H2,(H,23,24,25). The zero-order chi connectivity index (χ0) is 18.5. The maximum atomic E-state index is 14.0. The summed E-state index contributed by atoms with van der Waals surface area (Å²) in [5, 5.41) is 3.23. The smallest absolute Gasteiger partial charge is 0.224 e. The Hall–Kier alpha value is -3.22. The molecule has 1 saturated heterocycles. The molecule has 3 heterocycles. The second-order valence-electron chi connectivity index (χ2n) is 6.38. The first-order valence-electron chi connectivity index (χ1n) is 9.00. The summed E-state index contributed by atoms with van der Waals surface area (Å²) in [5.74, 6) is 1.30. The van der Waals surface area contributed by atoms with Gasteiger partial charge >= 0.3 is 0 Å². The highest BCUT2D eigenvalue weighted by molar-refractivity contribution is 5.51. The molecule has 6 nitrogen and oxygen atoms in total. The van der Waals surface area contributed by atoms with Crippen LogP contribution in [-0.4, -0.2) is 41.1 Å². The van der Waals surface area contributed by atoms with E-state index in [4.69, 9.17) is 0 Å². The minimum absolute atomic E-state index is 0.171. The Bertz CT molecular complexity index is 880. The van der Waals surface area contributed by atoms with Crippen LogP contribution < -0.4 is 15.1 Å². The summed E-state index contributed by atoms with van der Waals surface area (Å²) in [6.07, 6.45) is 5.33. The Morgan fingerprint density at radius 2 is 1.74 bits per heavy atom. The third-order valence-corrected chi connectivity index (χ3v) is 4.61. The van der Waals surface area contributed by atoms with Crippen LogP contribution in [0.4, 0.5) is 21.8 Å². The minimum Gasteiger partial charge on any atom is -0.366 e. The van der Waals surface area contributed by atoms with Gasteiger partial charge in [-0.25, -0.2) is 9.37 Å². The quantitative estimate of drug-likeness (QED) is 0.751. The Labute approximate surface area is 157 Å². The van der Waals surface area contributed by atoms with Crippen molar-refractivity contribution in [1.29, 1.82) is 0 Å². The van der Waals surface area contributed by atoms with Crippen molar-refractivity contribution in [2.24, 2.45) is 0 Å². The average molecular weight is 364 g/mol. The van der Waals surface area contributed by atoms with Crippen molar-refractivity contribution in [3.05, 3.63) is 72.4 Å². The number of pyridine rings is 1. The van der Waals surface area contributed by atoms with Gasteiger partial charge < -0.3 is 15.1 Å². The summed E-state index contributed by atoms with van der Waals surface area (Å²) in [5.41, 5.74) is 1.74. The minimum atomic E-state index is -0.171. The Morgan fingerprint density at radius 1 is 0.926 bits per heavy atom. The van der Waals surface area contributed by atoms with E-state index in [-0.39, 0.29) is 5.82 Å². The average Bonchev–Trinajstić information content (AvgIpc) is 2.74. The molecule has 1 aliphatic rings. The van der Waals surface area contributed by atoms with Crippen molar-refractivity contribution < 1.29 is 4.39 Å². The molecule has 1 N–H and O–H groups in total. The fraction of sp³-hybridized carbons (Fsp3) is 0.250. The lowest BCUT2D eigenvalue weighted by atomic mass is 10.2. The largest absolute Gasteiger partial charge is 0.366 e. The highest BCUT2D eigenvalue weighted by Gasteiger charge is 2.20. The summed E-state index contributed by atoms with van der Waals surface area (Å²) in [4.78, 5) is 17.3. The van der Waals surface area contributed by atoms with Gasteiger partial charge in [-0.05, 0) is 29.8 Å². The molecule has 3 aromatic rings. The first-order valence-corrected chi connectivity index (χ1v) is 9.00. The molecule has 0 aliphatic carbocycles. The number of nitrogens with one attached hydrogen (secondary N) is 1. The summed E-state index contributed by atoms with van der Waals surface area (Å²) in [6.45, 7) is 3.70. The number of halogens is 1. The third-order valence-electron chi connectivity index (χ3n) is 4.61. The maximum absolute atomic E-state index is 14.0. The van der Waals surface area contributed by atoms with Crippen LogP contribution in [0.25, 0.3) is 0 Å². The van der Waals surface area contributed by atoms with Gasteiger partial charge in [0.05, 0.1) is 5.69 Å². The first-order chi connectivity index (χ1) is 13.3. The molecule has 138 valence electrons. The molecule has 2 aromatic heterocycles. The van der Waals surface area contributed by atoms with Crippen LogP contribution >= 0.6 is 0 Å². The molecular formula is C20H21FN6. The summed E-state index contributed by atoms with van der Waals surface area (Å²) < 4.78 is 14.0. The molecule has 0 amide bonds. The van der Waals surface area contributed by atoms with Gasteiger partial charge in [0.1, 0.15) is 11.6 Å². The number of anilines is 3. The number of hydrogen-bond acceptors (Lipinski definition) is 6. The second kappa shape index (κ2) is 7.99. The molecule has 0 bridgehead atoms. The SMILES string of the molecule is Fc1ccccc1N1CCN(c2ccnc(NCc3cccnc3)n2)CC1. The monoisotopic (exact) mass is 364 g/mol. The van der Waals surface area contributed by atoms with E-state index in [1.165, 1.54) is 6.07 Å². The van der Waals surface area contributed by atoms with Crippen LogP contribution in [-0.2, 0) is 6.54 Å². The lowest BCUT2D eigenvalue weighted by Crippen LogP contribution is -2.47. The topological polar surface area (TPSA) is 57.2 Å². The van der Waals surface area contributed by atoms with E-state index in [0.717, 1.165) is 37.6 Å². The summed E-state index contributed by atoms with van der Waals surface area (Å²) >= 11 is 0. The molecule has 0 atom stereocenters. The molecule has 1 aliphatic heterocycles. The zero-order valence-corrected chi connectivity index (χ0v) is 14.9. The molecule has 27 heavy (non-hydrogen) atoms. The lowest BCUT2D eigenvalue weighted by molar-refractivity contribution is 0.596.